The SMILES string of the molecule is COc1ccc(Cl)cc1C(=O)NCCc1cn2ccc(C)cc2n1. The van der Waals surface area contributed by atoms with Crippen molar-refractivity contribution in [2.75, 3.05) is 13.7 Å². The van der Waals surface area contributed by atoms with Crippen LogP contribution >= 0.6 is 11.6 Å². The van der Waals surface area contributed by atoms with E-state index in [1.807, 2.05) is 35.9 Å². The number of halogens is 1. The van der Waals surface area contributed by atoms with Crippen molar-refractivity contribution in [2.45, 2.75) is 13.3 Å². The van der Waals surface area contributed by atoms with Gasteiger partial charge in [0.15, 0.2) is 0 Å². The molecule has 0 saturated heterocycles. The number of nitrogens with zero attached hydrogens (tertiary/aromatic N) is 2. The summed E-state index contributed by atoms with van der Waals surface area (Å²) in [5.41, 5.74) is 3.43. The standard InChI is InChI=1S/C18H18ClN3O2/c1-12-6-8-22-11-14(21-17(22)9-12)5-7-20-18(23)15-10-13(19)3-4-16(15)24-2/h3-4,6,8-11H,5,7H2,1-2H3,(H,20,23). The van der Waals surface area contributed by atoms with Crippen molar-refractivity contribution in [2.24, 2.45) is 0 Å². The van der Waals surface area contributed by atoms with Crippen molar-refractivity contribution in [3.63, 3.8) is 0 Å². The van der Waals surface area contributed by atoms with Gasteiger partial charge in [0.1, 0.15) is 11.4 Å². The lowest BCUT2D eigenvalue weighted by molar-refractivity contribution is 0.0951. The van der Waals surface area contributed by atoms with Gasteiger partial charge in [-0.2, -0.15) is 0 Å². The second-order valence-electron chi connectivity index (χ2n) is 5.55. The van der Waals surface area contributed by atoms with E-state index >= 15 is 0 Å². The normalized spacial score (nSPS) is 10.8. The molecule has 2 heterocycles. The predicted molar refractivity (Wildman–Crippen MR) is 94.0 cm³/mol. The van der Waals surface area contributed by atoms with Gasteiger partial charge in [0.2, 0.25) is 0 Å². The lowest BCUT2D eigenvalue weighted by Gasteiger charge is -2.09. The van der Waals surface area contributed by atoms with Gasteiger partial charge in [0.05, 0.1) is 18.4 Å². The molecule has 1 amide bonds. The van der Waals surface area contributed by atoms with Gasteiger partial charge >= 0.3 is 0 Å². The van der Waals surface area contributed by atoms with Crippen molar-refractivity contribution in [3.05, 3.63) is 64.6 Å². The molecular weight excluding hydrogens is 326 g/mol. The van der Waals surface area contributed by atoms with Crippen LogP contribution in [-0.4, -0.2) is 28.9 Å². The molecule has 2 aromatic heterocycles. The van der Waals surface area contributed by atoms with E-state index in [1.54, 1.807) is 18.2 Å². The van der Waals surface area contributed by atoms with Crippen LogP contribution < -0.4 is 10.1 Å². The largest absolute Gasteiger partial charge is 0.496 e. The predicted octanol–water partition coefficient (Wildman–Crippen LogP) is 3.28. The van der Waals surface area contributed by atoms with Gasteiger partial charge in [-0.05, 0) is 42.8 Å². The zero-order chi connectivity index (χ0) is 17.1. The fraction of sp³-hybridized carbons (Fsp3) is 0.222. The molecule has 0 aliphatic carbocycles. The summed E-state index contributed by atoms with van der Waals surface area (Å²) in [4.78, 5) is 16.9. The molecule has 0 aliphatic rings. The van der Waals surface area contributed by atoms with Crippen molar-refractivity contribution in [3.8, 4) is 5.75 Å². The Bertz CT molecular complexity index is 889. The average molecular weight is 344 g/mol. The van der Waals surface area contributed by atoms with Crippen LogP contribution in [0.25, 0.3) is 5.65 Å². The zero-order valence-corrected chi connectivity index (χ0v) is 14.3. The number of benzene rings is 1. The van der Waals surface area contributed by atoms with Gasteiger partial charge in [0.25, 0.3) is 5.91 Å². The van der Waals surface area contributed by atoms with E-state index in [0.29, 0.717) is 29.3 Å². The highest BCUT2D eigenvalue weighted by Crippen LogP contribution is 2.22. The van der Waals surface area contributed by atoms with E-state index in [-0.39, 0.29) is 5.91 Å². The minimum Gasteiger partial charge on any atom is -0.496 e. The number of fused-ring (bicyclic) bond motifs is 1. The van der Waals surface area contributed by atoms with Crippen LogP contribution in [0.3, 0.4) is 0 Å². The highest BCUT2D eigenvalue weighted by atomic mass is 35.5. The van der Waals surface area contributed by atoms with Crippen LogP contribution in [0, 0.1) is 6.92 Å². The monoisotopic (exact) mass is 343 g/mol. The van der Waals surface area contributed by atoms with Gasteiger partial charge in [0, 0.05) is 30.4 Å². The molecule has 1 aromatic carbocycles. The quantitative estimate of drug-likeness (QED) is 0.773. The third-order valence-electron chi connectivity index (χ3n) is 3.74. The molecule has 0 saturated carbocycles. The number of ether oxygens (including phenoxy) is 1. The second-order valence-corrected chi connectivity index (χ2v) is 5.99. The second kappa shape index (κ2) is 6.93. The Morgan fingerprint density at radius 3 is 2.96 bits per heavy atom. The lowest BCUT2D eigenvalue weighted by Crippen LogP contribution is -2.26. The maximum Gasteiger partial charge on any atom is 0.255 e. The number of hydrogen-bond acceptors (Lipinski definition) is 3. The molecule has 0 fully saturated rings. The van der Waals surface area contributed by atoms with Crippen molar-refractivity contribution in [1.29, 1.82) is 0 Å². The summed E-state index contributed by atoms with van der Waals surface area (Å²) < 4.78 is 7.18. The van der Waals surface area contributed by atoms with Gasteiger partial charge in [-0.1, -0.05) is 11.6 Å². The number of aromatic nitrogens is 2. The van der Waals surface area contributed by atoms with Gasteiger partial charge < -0.3 is 14.5 Å². The van der Waals surface area contributed by atoms with E-state index in [4.69, 9.17) is 16.3 Å². The van der Waals surface area contributed by atoms with Gasteiger partial charge in [-0.25, -0.2) is 4.98 Å². The van der Waals surface area contributed by atoms with Crippen molar-refractivity contribution < 1.29 is 9.53 Å². The molecule has 0 radical (unpaired) electrons. The van der Waals surface area contributed by atoms with E-state index < -0.39 is 0 Å². The number of nitrogens with one attached hydrogen (secondary N) is 1. The molecule has 24 heavy (non-hydrogen) atoms. The molecule has 0 aliphatic heterocycles. The molecule has 6 heteroatoms. The van der Waals surface area contributed by atoms with Gasteiger partial charge in [-0.3, -0.25) is 4.79 Å². The summed E-state index contributed by atoms with van der Waals surface area (Å²) in [6.07, 6.45) is 4.60. The number of carbonyl (C=O) groups is 1. The molecule has 5 nitrogen and oxygen atoms in total. The van der Waals surface area contributed by atoms with Gasteiger partial charge in [-0.15, -0.1) is 0 Å². The van der Waals surface area contributed by atoms with Crippen LogP contribution in [0.2, 0.25) is 5.02 Å². The Morgan fingerprint density at radius 2 is 2.17 bits per heavy atom. The Labute approximate surface area is 145 Å². The fourth-order valence-electron chi connectivity index (χ4n) is 2.51. The molecule has 0 atom stereocenters. The number of aryl methyl sites for hydroxylation is 1. The first-order valence-electron chi connectivity index (χ1n) is 7.63. The third kappa shape index (κ3) is 3.51. The molecule has 124 valence electrons. The number of carbonyl (C=O) groups excluding carboxylic acids is 1. The Balaban J connectivity index is 1.65. The highest BCUT2D eigenvalue weighted by molar-refractivity contribution is 6.31. The summed E-state index contributed by atoms with van der Waals surface area (Å²) >= 11 is 5.96. The number of amides is 1. The fourth-order valence-corrected chi connectivity index (χ4v) is 2.69. The minimum absolute atomic E-state index is 0.214. The first kappa shape index (κ1) is 16.3. The summed E-state index contributed by atoms with van der Waals surface area (Å²) in [6.45, 7) is 2.52. The maximum atomic E-state index is 12.3. The molecule has 3 aromatic rings. The van der Waals surface area contributed by atoms with Crippen LogP contribution in [0.15, 0.2) is 42.7 Å². The van der Waals surface area contributed by atoms with Crippen molar-refractivity contribution >= 4 is 23.2 Å². The minimum atomic E-state index is -0.214. The molecule has 0 spiro atoms. The van der Waals surface area contributed by atoms with Crippen LogP contribution in [0.4, 0.5) is 0 Å². The number of hydrogen-bond donors (Lipinski definition) is 1. The first-order chi connectivity index (χ1) is 11.6. The molecule has 0 unspecified atom stereocenters. The maximum absolute atomic E-state index is 12.3. The number of pyridine rings is 1. The average Bonchev–Trinajstić information content (AvgIpc) is 2.96. The number of imidazole rings is 1. The lowest BCUT2D eigenvalue weighted by atomic mass is 10.2. The molecule has 1 N–H and O–H groups in total. The van der Waals surface area contributed by atoms with Crippen molar-refractivity contribution in [1.82, 2.24) is 14.7 Å². The Morgan fingerprint density at radius 1 is 1.33 bits per heavy atom. The molecule has 0 bridgehead atoms. The first-order valence-corrected chi connectivity index (χ1v) is 8.00. The summed E-state index contributed by atoms with van der Waals surface area (Å²) in [5, 5.41) is 3.38. The third-order valence-corrected chi connectivity index (χ3v) is 3.97. The Kier molecular flexibility index (Phi) is 4.71. The number of rotatable bonds is 5. The molecular formula is C18H18ClN3O2. The summed E-state index contributed by atoms with van der Waals surface area (Å²) in [6, 6.07) is 9.03. The smallest absolute Gasteiger partial charge is 0.255 e. The summed E-state index contributed by atoms with van der Waals surface area (Å²) in [5.74, 6) is 0.286. The number of methoxy groups -OCH3 is 1. The van der Waals surface area contributed by atoms with Crippen LogP contribution in [0.5, 0.6) is 5.75 Å². The van der Waals surface area contributed by atoms with Crippen LogP contribution in [0.1, 0.15) is 21.6 Å². The van der Waals surface area contributed by atoms with Crippen LogP contribution in [-0.2, 0) is 6.42 Å². The zero-order valence-electron chi connectivity index (χ0n) is 13.5. The topological polar surface area (TPSA) is 55.6 Å². The van der Waals surface area contributed by atoms with E-state index in [2.05, 4.69) is 10.3 Å². The van der Waals surface area contributed by atoms with E-state index in [0.717, 1.165) is 11.3 Å². The Hall–Kier alpha value is -2.53. The molecule has 3 rings (SSSR count). The highest BCUT2D eigenvalue weighted by Gasteiger charge is 2.12. The summed E-state index contributed by atoms with van der Waals surface area (Å²) in [7, 11) is 1.53. The van der Waals surface area contributed by atoms with E-state index in [1.165, 1.54) is 12.7 Å². The van der Waals surface area contributed by atoms with E-state index in [9.17, 15) is 4.79 Å².